The maximum Gasteiger partial charge on any atom is 0.244 e. The van der Waals surface area contributed by atoms with Crippen LogP contribution in [0.5, 0.6) is 0 Å². The van der Waals surface area contributed by atoms with E-state index in [1.54, 1.807) is 11.9 Å². The Morgan fingerprint density at radius 2 is 2.25 bits per heavy atom. The van der Waals surface area contributed by atoms with Crippen molar-refractivity contribution in [1.29, 1.82) is 0 Å². The molecule has 2 amide bonds. The van der Waals surface area contributed by atoms with Crippen molar-refractivity contribution in [2.45, 2.75) is 18.9 Å². The Hall–Kier alpha value is -0.810. The lowest BCUT2D eigenvalue weighted by atomic mass is 10.1. The van der Waals surface area contributed by atoms with Crippen LogP contribution in [0.25, 0.3) is 0 Å². The Bertz CT molecular complexity index is 279. The van der Waals surface area contributed by atoms with Crippen molar-refractivity contribution in [2.75, 3.05) is 26.7 Å². The average Bonchev–Trinajstić information content (AvgIpc) is 2.83. The van der Waals surface area contributed by atoms with Crippen LogP contribution in [-0.4, -0.2) is 49.4 Å². The predicted octanol–water partition coefficient (Wildman–Crippen LogP) is -0.635. The molecule has 6 heteroatoms. The highest BCUT2D eigenvalue weighted by Gasteiger charge is 2.32. The Kier molecular flexibility index (Phi) is 4.56. The SMILES string of the molecule is CN1CCC(NC(=O)C2CCNC2)C1=O.Cl. The van der Waals surface area contributed by atoms with Gasteiger partial charge in [-0.05, 0) is 19.4 Å². The Balaban J connectivity index is 0.00000128. The number of likely N-dealkylation sites (N-methyl/N-ethyl adjacent to an activating group) is 1. The monoisotopic (exact) mass is 247 g/mol. The van der Waals surface area contributed by atoms with Gasteiger partial charge in [0.05, 0.1) is 5.92 Å². The quantitative estimate of drug-likeness (QED) is 0.683. The molecule has 2 unspecified atom stereocenters. The Morgan fingerprint density at radius 3 is 2.75 bits per heavy atom. The van der Waals surface area contributed by atoms with E-state index in [0.717, 1.165) is 32.5 Å². The van der Waals surface area contributed by atoms with Gasteiger partial charge < -0.3 is 15.5 Å². The van der Waals surface area contributed by atoms with Gasteiger partial charge in [0.2, 0.25) is 11.8 Å². The summed E-state index contributed by atoms with van der Waals surface area (Å²) in [6.07, 6.45) is 1.61. The van der Waals surface area contributed by atoms with E-state index >= 15 is 0 Å². The fraction of sp³-hybridized carbons (Fsp3) is 0.800. The van der Waals surface area contributed by atoms with Crippen molar-refractivity contribution in [3.05, 3.63) is 0 Å². The standard InChI is InChI=1S/C10H17N3O2.ClH/c1-13-5-3-8(10(13)15)12-9(14)7-2-4-11-6-7;/h7-8,11H,2-6H2,1H3,(H,12,14);1H. The van der Waals surface area contributed by atoms with Crippen LogP contribution in [0.4, 0.5) is 0 Å². The van der Waals surface area contributed by atoms with Gasteiger partial charge in [0.1, 0.15) is 6.04 Å². The van der Waals surface area contributed by atoms with E-state index in [1.807, 2.05) is 0 Å². The van der Waals surface area contributed by atoms with Gasteiger partial charge in [0, 0.05) is 20.1 Å². The van der Waals surface area contributed by atoms with E-state index in [2.05, 4.69) is 10.6 Å². The molecule has 0 spiro atoms. The zero-order valence-corrected chi connectivity index (χ0v) is 10.2. The van der Waals surface area contributed by atoms with E-state index in [-0.39, 0.29) is 36.2 Å². The van der Waals surface area contributed by atoms with Crippen LogP contribution in [0.3, 0.4) is 0 Å². The number of carbonyl (C=O) groups is 2. The molecule has 0 aliphatic carbocycles. The summed E-state index contributed by atoms with van der Waals surface area (Å²) in [6.45, 7) is 2.38. The van der Waals surface area contributed by atoms with Crippen molar-refractivity contribution in [3.63, 3.8) is 0 Å². The largest absolute Gasteiger partial charge is 0.344 e. The van der Waals surface area contributed by atoms with E-state index in [9.17, 15) is 9.59 Å². The minimum absolute atomic E-state index is 0. The summed E-state index contributed by atoms with van der Waals surface area (Å²) in [6, 6.07) is -0.289. The molecular formula is C10H18ClN3O2. The number of likely N-dealkylation sites (tertiary alicyclic amines) is 1. The van der Waals surface area contributed by atoms with Gasteiger partial charge in [-0.25, -0.2) is 0 Å². The first-order chi connectivity index (χ1) is 7.18. The molecule has 2 fully saturated rings. The van der Waals surface area contributed by atoms with Crippen LogP contribution >= 0.6 is 12.4 Å². The van der Waals surface area contributed by atoms with Gasteiger partial charge >= 0.3 is 0 Å². The van der Waals surface area contributed by atoms with Crippen molar-refractivity contribution >= 4 is 24.2 Å². The molecule has 2 atom stereocenters. The number of nitrogens with zero attached hydrogens (tertiary/aromatic N) is 1. The van der Waals surface area contributed by atoms with Crippen molar-refractivity contribution in [1.82, 2.24) is 15.5 Å². The molecule has 0 aromatic rings. The maximum absolute atomic E-state index is 11.7. The first-order valence-corrected chi connectivity index (χ1v) is 5.44. The number of hydrogen-bond donors (Lipinski definition) is 2. The fourth-order valence-electron chi connectivity index (χ4n) is 2.12. The fourth-order valence-corrected chi connectivity index (χ4v) is 2.12. The molecule has 92 valence electrons. The molecule has 2 N–H and O–H groups in total. The molecule has 5 nitrogen and oxygen atoms in total. The van der Waals surface area contributed by atoms with E-state index < -0.39 is 0 Å². The van der Waals surface area contributed by atoms with Crippen LogP contribution in [0.1, 0.15) is 12.8 Å². The van der Waals surface area contributed by atoms with Crippen molar-refractivity contribution in [2.24, 2.45) is 5.92 Å². The second-order valence-electron chi connectivity index (χ2n) is 4.30. The number of halogens is 1. The molecule has 2 heterocycles. The second kappa shape index (κ2) is 5.50. The molecular weight excluding hydrogens is 230 g/mol. The summed E-state index contributed by atoms with van der Waals surface area (Å²) in [5.74, 6) is 0.103. The summed E-state index contributed by atoms with van der Waals surface area (Å²) in [5.41, 5.74) is 0. The van der Waals surface area contributed by atoms with Crippen LogP contribution in [0, 0.1) is 5.92 Å². The molecule has 2 aliphatic rings. The lowest BCUT2D eigenvalue weighted by Gasteiger charge is -2.14. The molecule has 0 saturated carbocycles. The Morgan fingerprint density at radius 1 is 1.50 bits per heavy atom. The average molecular weight is 248 g/mol. The van der Waals surface area contributed by atoms with Gasteiger partial charge in [-0.15, -0.1) is 12.4 Å². The van der Waals surface area contributed by atoms with Gasteiger partial charge in [0.25, 0.3) is 0 Å². The zero-order chi connectivity index (χ0) is 10.8. The van der Waals surface area contributed by atoms with Gasteiger partial charge in [-0.2, -0.15) is 0 Å². The van der Waals surface area contributed by atoms with Crippen LogP contribution in [0.15, 0.2) is 0 Å². The molecule has 16 heavy (non-hydrogen) atoms. The number of rotatable bonds is 2. The third-order valence-corrected chi connectivity index (χ3v) is 3.18. The molecule has 0 aromatic heterocycles. The summed E-state index contributed by atoms with van der Waals surface area (Å²) in [7, 11) is 1.77. The number of nitrogens with one attached hydrogen (secondary N) is 2. The maximum atomic E-state index is 11.7. The number of hydrogen-bond acceptors (Lipinski definition) is 3. The number of amides is 2. The normalized spacial score (nSPS) is 29.1. The zero-order valence-electron chi connectivity index (χ0n) is 9.36. The first kappa shape index (κ1) is 13.3. The van der Waals surface area contributed by atoms with Gasteiger partial charge in [0.15, 0.2) is 0 Å². The summed E-state index contributed by atoms with van der Waals surface area (Å²) in [4.78, 5) is 24.9. The first-order valence-electron chi connectivity index (χ1n) is 5.44. The molecule has 2 aliphatic heterocycles. The third-order valence-electron chi connectivity index (χ3n) is 3.18. The van der Waals surface area contributed by atoms with E-state index in [4.69, 9.17) is 0 Å². The smallest absolute Gasteiger partial charge is 0.244 e. The minimum Gasteiger partial charge on any atom is -0.344 e. The molecule has 2 saturated heterocycles. The lowest BCUT2D eigenvalue weighted by Crippen LogP contribution is -2.43. The van der Waals surface area contributed by atoms with Crippen LogP contribution in [-0.2, 0) is 9.59 Å². The topological polar surface area (TPSA) is 61.4 Å². The molecule has 2 rings (SSSR count). The summed E-state index contributed by atoms with van der Waals surface area (Å²) >= 11 is 0. The molecule has 0 aromatic carbocycles. The van der Waals surface area contributed by atoms with Gasteiger partial charge in [-0.1, -0.05) is 0 Å². The number of carbonyl (C=O) groups excluding carboxylic acids is 2. The second-order valence-corrected chi connectivity index (χ2v) is 4.30. The highest BCUT2D eigenvalue weighted by Crippen LogP contribution is 2.12. The summed E-state index contributed by atoms with van der Waals surface area (Å²) in [5, 5.41) is 5.97. The lowest BCUT2D eigenvalue weighted by molar-refractivity contribution is -0.133. The molecule has 0 bridgehead atoms. The molecule has 0 radical (unpaired) electrons. The predicted molar refractivity (Wildman–Crippen MR) is 62.4 cm³/mol. The highest BCUT2D eigenvalue weighted by atomic mass is 35.5. The van der Waals surface area contributed by atoms with E-state index in [0.29, 0.717) is 0 Å². The highest BCUT2D eigenvalue weighted by molar-refractivity contribution is 5.89. The summed E-state index contributed by atoms with van der Waals surface area (Å²) < 4.78 is 0. The Labute approximate surface area is 101 Å². The van der Waals surface area contributed by atoms with E-state index in [1.165, 1.54) is 0 Å². The van der Waals surface area contributed by atoms with Crippen molar-refractivity contribution < 1.29 is 9.59 Å². The third kappa shape index (κ3) is 2.65. The van der Waals surface area contributed by atoms with Crippen LogP contribution in [0.2, 0.25) is 0 Å². The van der Waals surface area contributed by atoms with Crippen molar-refractivity contribution in [3.8, 4) is 0 Å². The van der Waals surface area contributed by atoms with Gasteiger partial charge in [-0.3, -0.25) is 9.59 Å². The minimum atomic E-state index is -0.289. The van der Waals surface area contributed by atoms with Crippen LogP contribution < -0.4 is 10.6 Å².